The Morgan fingerprint density at radius 1 is 1.12 bits per heavy atom. The van der Waals surface area contributed by atoms with E-state index in [1.165, 1.54) is 11.1 Å². The van der Waals surface area contributed by atoms with Gasteiger partial charge in [0.25, 0.3) is 0 Å². The summed E-state index contributed by atoms with van der Waals surface area (Å²) in [5.41, 5.74) is 3.75. The number of fused-ring (bicyclic) bond motifs is 3. The summed E-state index contributed by atoms with van der Waals surface area (Å²) in [6, 6.07) is 10.9. The number of likely N-dealkylation sites (tertiary alicyclic amines) is 1. The van der Waals surface area contributed by atoms with Gasteiger partial charge in [-0.25, -0.2) is 4.68 Å². The Labute approximate surface area is 152 Å². The van der Waals surface area contributed by atoms with E-state index in [1.54, 1.807) is 0 Å². The van der Waals surface area contributed by atoms with Gasteiger partial charge in [-0.15, -0.1) is 5.10 Å². The third-order valence-corrected chi connectivity index (χ3v) is 5.42. The Bertz CT molecular complexity index is 874. The fourth-order valence-electron chi connectivity index (χ4n) is 4.06. The van der Waals surface area contributed by atoms with Gasteiger partial charge in [0.15, 0.2) is 0 Å². The summed E-state index contributed by atoms with van der Waals surface area (Å²) in [6.45, 7) is 4.35. The third-order valence-electron chi connectivity index (χ3n) is 5.42. The number of rotatable bonds is 4. The number of ether oxygens (including phenoxy) is 1. The third kappa shape index (κ3) is 2.93. The molecule has 26 heavy (non-hydrogen) atoms. The zero-order chi connectivity index (χ0) is 17.3. The van der Waals surface area contributed by atoms with Crippen LogP contribution in [-0.4, -0.2) is 48.9 Å². The minimum Gasteiger partial charge on any atom is -0.370 e. The predicted molar refractivity (Wildman–Crippen MR) is 95.3 cm³/mol. The molecule has 0 spiro atoms. The Morgan fingerprint density at radius 3 is 2.85 bits per heavy atom. The number of nitrogens with zero attached hydrogens (tertiary/aromatic N) is 6. The number of piperidine rings is 1. The van der Waals surface area contributed by atoms with E-state index in [9.17, 15) is 0 Å². The van der Waals surface area contributed by atoms with Crippen molar-refractivity contribution in [2.45, 2.75) is 38.3 Å². The lowest BCUT2D eigenvalue weighted by molar-refractivity contribution is -0.0670. The van der Waals surface area contributed by atoms with Crippen LogP contribution in [0.1, 0.15) is 29.3 Å². The summed E-state index contributed by atoms with van der Waals surface area (Å²) < 4.78 is 10.1. The van der Waals surface area contributed by atoms with Gasteiger partial charge in [-0.2, -0.15) is 5.10 Å². The van der Waals surface area contributed by atoms with Crippen LogP contribution in [0.15, 0.2) is 48.9 Å². The fraction of sp³-hybridized carbons (Fsp3) is 0.421. The highest BCUT2D eigenvalue weighted by atomic mass is 16.5. The first kappa shape index (κ1) is 15.7. The molecule has 3 aromatic rings. The van der Waals surface area contributed by atoms with Gasteiger partial charge in [-0.1, -0.05) is 29.5 Å². The van der Waals surface area contributed by atoms with Gasteiger partial charge in [-0.3, -0.25) is 9.58 Å². The molecular weight excluding hydrogens is 328 g/mol. The van der Waals surface area contributed by atoms with Gasteiger partial charge < -0.3 is 4.74 Å². The molecule has 5 rings (SSSR count). The van der Waals surface area contributed by atoms with Crippen molar-refractivity contribution in [2.75, 3.05) is 13.1 Å². The lowest BCUT2D eigenvalue weighted by Crippen LogP contribution is -2.47. The van der Waals surface area contributed by atoms with E-state index < -0.39 is 0 Å². The Hall–Kier alpha value is -2.51. The molecule has 2 aliphatic rings. The molecule has 134 valence electrons. The summed E-state index contributed by atoms with van der Waals surface area (Å²) >= 11 is 0. The average Bonchev–Trinajstić information content (AvgIpc) is 3.35. The van der Waals surface area contributed by atoms with E-state index >= 15 is 0 Å². The summed E-state index contributed by atoms with van der Waals surface area (Å²) in [5.74, 6) is 0. The summed E-state index contributed by atoms with van der Waals surface area (Å²) in [4.78, 5) is 2.50. The summed E-state index contributed by atoms with van der Waals surface area (Å²) in [5, 5.41) is 12.7. The maximum atomic E-state index is 6.02. The molecule has 2 aliphatic heterocycles. The van der Waals surface area contributed by atoms with E-state index in [2.05, 4.69) is 49.3 Å². The molecule has 1 fully saturated rings. The van der Waals surface area contributed by atoms with Crippen LogP contribution in [0, 0.1) is 0 Å². The second-order valence-corrected chi connectivity index (χ2v) is 7.08. The predicted octanol–water partition coefficient (Wildman–Crippen LogP) is 1.87. The fourth-order valence-corrected chi connectivity index (χ4v) is 4.06. The van der Waals surface area contributed by atoms with Gasteiger partial charge in [0.1, 0.15) is 0 Å². The molecule has 2 atom stereocenters. The minimum atomic E-state index is 0.250. The van der Waals surface area contributed by atoms with Gasteiger partial charge in [-0.05, 0) is 23.6 Å². The molecule has 0 radical (unpaired) electrons. The van der Waals surface area contributed by atoms with Crippen molar-refractivity contribution in [3.8, 4) is 0 Å². The van der Waals surface area contributed by atoms with Crippen molar-refractivity contribution >= 4 is 0 Å². The van der Waals surface area contributed by atoms with Crippen molar-refractivity contribution in [1.29, 1.82) is 0 Å². The topological polar surface area (TPSA) is 61.0 Å². The highest BCUT2D eigenvalue weighted by Crippen LogP contribution is 2.30. The molecule has 0 amide bonds. The first-order valence-corrected chi connectivity index (χ1v) is 9.14. The lowest BCUT2D eigenvalue weighted by atomic mass is 9.99. The van der Waals surface area contributed by atoms with E-state index in [0.29, 0.717) is 6.61 Å². The van der Waals surface area contributed by atoms with Crippen molar-refractivity contribution in [1.82, 2.24) is 29.7 Å². The van der Waals surface area contributed by atoms with Crippen LogP contribution < -0.4 is 0 Å². The number of hydrogen-bond donors (Lipinski definition) is 0. The van der Waals surface area contributed by atoms with Crippen LogP contribution in [0.2, 0.25) is 0 Å². The van der Waals surface area contributed by atoms with Crippen LogP contribution in [0.4, 0.5) is 0 Å². The molecule has 0 saturated carbocycles. The molecule has 0 aliphatic carbocycles. The Morgan fingerprint density at radius 2 is 2.00 bits per heavy atom. The van der Waals surface area contributed by atoms with Crippen LogP contribution in [0.5, 0.6) is 0 Å². The average molecular weight is 350 g/mol. The first-order valence-electron chi connectivity index (χ1n) is 9.14. The molecule has 0 N–H and O–H groups in total. The molecule has 1 saturated heterocycles. The maximum Gasteiger partial charge on any atom is 0.0930 e. The monoisotopic (exact) mass is 350 g/mol. The quantitative estimate of drug-likeness (QED) is 0.719. The zero-order valence-electron chi connectivity index (χ0n) is 14.6. The largest absolute Gasteiger partial charge is 0.370 e. The minimum absolute atomic E-state index is 0.250. The molecule has 0 unspecified atom stereocenters. The lowest BCUT2D eigenvalue weighted by Gasteiger charge is -2.41. The van der Waals surface area contributed by atoms with Crippen molar-refractivity contribution in [3.63, 3.8) is 0 Å². The zero-order valence-corrected chi connectivity index (χ0v) is 14.6. The molecule has 7 nitrogen and oxygen atoms in total. The summed E-state index contributed by atoms with van der Waals surface area (Å²) in [6.07, 6.45) is 6.93. The number of benzene rings is 1. The normalized spacial score (nSPS) is 22.8. The van der Waals surface area contributed by atoms with E-state index in [0.717, 1.165) is 38.3 Å². The Balaban J connectivity index is 1.33. The molecule has 2 aromatic heterocycles. The van der Waals surface area contributed by atoms with E-state index in [-0.39, 0.29) is 12.1 Å². The smallest absolute Gasteiger partial charge is 0.0930 e. The van der Waals surface area contributed by atoms with Crippen LogP contribution in [0.3, 0.4) is 0 Å². The molecular formula is C19H22N6O. The second-order valence-electron chi connectivity index (χ2n) is 7.08. The van der Waals surface area contributed by atoms with E-state index in [4.69, 9.17) is 4.74 Å². The maximum absolute atomic E-state index is 6.02. The van der Waals surface area contributed by atoms with Crippen molar-refractivity contribution in [3.05, 3.63) is 65.7 Å². The molecule has 7 heteroatoms. The molecule has 4 heterocycles. The molecule has 1 aromatic carbocycles. The van der Waals surface area contributed by atoms with Gasteiger partial charge in [0.2, 0.25) is 0 Å². The molecule has 0 bridgehead atoms. The first-order chi connectivity index (χ1) is 12.9. The van der Waals surface area contributed by atoms with E-state index in [1.807, 2.05) is 29.3 Å². The van der Waals surface area contributed by atoms with Gasteiger partial charge in [0, 0.05) is 32.0 Å². The SMILES string of the molecule is c1ccc(Cn2cccn2)c(CN2CC[C@@H]3OCc4cnnn4[C@H]3C2)c1. The van der Waals surface area contributed by atoms with Gasteiger partial charge in [0.05, 0.1) is 37.2 Å². The van der Waals surface area contributed by atoms with Crippen LogP contribution in [-0.2, 0) is 24.4 Å². The van der Waals surface area contributed by atoms with Crippen molar-refractivity contribution in [2.24, 2.45) is 0 Å². The Kier molecular flexibility index (Phi) is 4.03. The highest BCUT2D eigenvalue weighted by molar-refractivity contribution is 5.27. The van der Waals surface area contributed by atoms with Gasteiger partial charge >= 0.3 is 0 Å². The van der Waals surface area contributed by atoms with Crippen LogP contribution >= 0.6 is 0 Å². The standard InChI is InChI=1S/C19H22N6O/c1-2-5-16(12-24-8-3-7-21-24)15(4-1)11-23-9-6-19-18(13-23)25-17(14-26-19)10-20-22-25/h1-5,7-8,10,18-19H,6,9,11-14H2/t18-,19-/m0/s1. The summed E-state index contributed by atoms with van der Waals surface area (Å²) in [7, 11) is 0. The van der Waals surface area contributed by atoms with Crippen molar-refractivity contribution < 1.29 is 4.74 Å². The number of hydrogen-bond acceptors (Lipinski definition) is 5. The highest BCUT2D eigenvalue weighted by Gasteiger charge is 2.36. The van der Waals surface area contributed by atoms with Crippen LogP contribution in [0.25, 0.3) is 0 Å². The number of aromatic nitrogens is 5. The second kappa shape index (κ2) is 6.66.